The number of unbranched alkanes of at least 4 members (excludes halogenated alkanes) is 2. The molecule has 1 aliphatic heterocycles. The molecular formula is C32H36N2O4. The van der Waals surface area contributed by atoms with E-state index in [1.54, 1.807) is 4.90 Å². The molecule has 2 amide bonds. The zero-order valence-electron chi connectivity index (χ0n) is 22.6. The monoisotopic (exact) mass is 512 g/mol. The molecule has 4 rings (SSSR count). The third kappa shape index (κ3) is 5.64. The molecule has 0 aliphatic carbocycles. The van der Waals surface area contributed by atoms with Crippen LogP contribution in [-0.2, 0) is 16.0 Å². The van der Waals surface area contributed by atoms with Crippen molar-refractivity contribution in [1.29, 1.82) is 0 Å². The van der Waals surface area contributed by atoms with Crippen molar-refractivity contribution in [3.8, 4) is 11.1 Å². The highest BCUT2D eigenvalue weighted by Crippen LogP contribution is 2.38. The summed E-state index contributed by atoms with van der Waals surface area (Å²) in [6.45, 7) is 6.01. The first kappa shape index (κ1) is 27.1. The highest BCUT2D eigenvalue weighted by atomic mass is 16.5. The number of nitrogens with one attached hydrogen (secondary N) is 1. The fraction of sp³-hybridized carbons (Fsp3) is 0.344. The van der Waals surface area contributed by atoms with Gasteiger partial charge >= 0.3 is 5.97 Å². The minimum atomic E-state index is -0.612. The zero-order chi connectivity index (χ0) is 27.2. The number of anilines is 1. The van der Waals surface area contributed by atoms with Gasteiger partial charge in [0.1, 0.15) is 6.04 Å². The number of hydrogen-bond acceptors (Lipinski definition) is 4. The summed E-state index contributed by atoms with van der Waals surface area (Å²) < 4.78 is 4.93. The molecule has 0 bridgehead atoms. The Morgan fingerprint density at radius 3 is 2.26 bits per heavy atom. The molecule has 2 unspecified atom stereocenters. The number of carbonyl (C=O) groups excluding carboxylic acids is 3. The Labute approximate surface area is 225 Å². The van der Waals surface area contributed by atoms with Crippen LogP contribution in [-0.4, -0.2) is 35.8 Å². The first-order chi connectivity index (χ1) is 18.4. The Balaban J connectivity index is 1.45. The fourth-order valence-corrected chi connectivity index (χ4v) is 5.12. The Kier molecular flexibility index (Phi) is 8.62. The fourth-order valence-electron chi connectivity index (χ4n) is 5.12. The average Bonchev–Trinajstić information content (AvgIpc) is 3.19. The number of methoxy groups -OCH3 is 1. The van der Waals surface area contributed by atoms with E-state index in [0.717, 1.165) is 23.1 Å². The van der Waals surface area contributed by atoms with Gasteiger partial charge in [-0.25, -0.2) is 4.79 Å². The lowest BCUT2D eigenvalue weighted by Gasteiger charge is -2.29. The lowest BCUT2D eigenvalue weighted by atomic mass is 9.97. The Morgan fingerprint density at radius 1 is 0.947 bits per heavy atom. The van der Waals surface area contributed by atoms with Crippen LogP contribution in [0.5, 0.6) is 0 Å². The van der Waals surface area contributed by atoms with Gasteiger partial charge in [0.15, 0.2) is 0 Å². The van der Waals surface area contributed by atoms with E-state index in [-0.39, 0.29) is 17.9 Å². The third-order valence-corrected chi connectivity index (χ3v) is 7.34. The van der Waals surface area contributed by atoms with Gasteiger partial charge in [-0.2, -0.15) is 0 Å². The van der Waals surface area contributed by atoms with E-state index >= 15 is 0 Å². The summed E-state index contributed by atoms with van der Waals surface area (Å²) in [5.41, 5.74) is 6.05. The van der Waals surface area contributed by atoms with Gasteiger partial charge < -0.3 is 15.0 Å². The van der Waals surface area contributed by atoms with E-state index in [9.17, 15) is 14.4 Å². The van der Waals surface area contributed by atoms with Crippen molar-refractivity contribution in [3.63, 3.8) is 0 Å². The topological polar surface area (TPSA) is 75.7 Å². The van der Waals surface area contributed by atoms with Gasteiger partial charge in [-0.05, 0) is 84.8 Å². The molecule has 6 nitrogen and oxygen atoms in total. The first-order valence-corrected chi connectivity index (χ1v) is 13.4. The lowest BCUT2D eigenvalue weighted by molar-refractivity contribution is -0.146. The summed E-state index contributed by atoms with van der Waals surface area (Å²) in [4.78, 5) is 39.7. The van der Waals surface area contributed by atoms with E-state index < -0.39 is 12.0 Å². The standard InChI is InChI=1S/C32H36N2O4/c1-5-7-8-9-22-10-12-24(13-11-22)30(35)33-26-17-14-23(15-18-26)25-16-19-27-28(20-25)21(3)34(31(27)36)29(6-2)32(37)38-4/h10-21,29H,5-9H2,1-4H3,(H,33,35). The molecule has 6 heteroatoms. The van der Waals surface area contributed by atoms with Crippen molar-refractivity contribution in [2.24, 2.45) is 0 Å². The second-order valence-corrected chi connectivity index (χ2v) is 9.82. The molecule has 38 heavy (non-hydrogen) atoms. The lowest BCUT2D eigenvalue weighted by Crippen LogP contribution is -2.43. The van der Waals surface area contributed by atoms with Gasteiger partial charge in [-0.15, -0.1) is 0 Å². The molecule has 1 aliphatic rings. The molecular weight excluding hydrogens is 476 g/mol. The maximum Gasteiger partial charge on any atom is 0.328 e. The summed E-state index contributed by atoms with van der Waals surface area (Å²) in [7, 11) is 1.35. The maximum absolute atomic E-state index is 13.1. The molecule has 2 atom stereocenters. The number of fused-ring (bicyclic) bond motifs is 1. The quantitative estimate of drug-likeness (QED) is 0.239. The van der Waals surface area contributed by atoms with Crippen LogP contribution in [0, 0.1) is 0 Å². The Bertz CT molecular complexity index is 1300. The molecule has 0 saturated heterocycles. The second kappa shape index (κ2) is 12.1. The molecule has 3 aromatic carbocycles. The highest BCUT2D eigenvalue weighted by molar-refractivity contribution is 6.04. The molecule has 198 valence electrons. The number of benzene rings is 3. The van der Waals surface area contributed by atoms with E-state index in [1.807, 2.05) is 80.6 Å². The van der Waals surface area contributed by atoms with Crippen LogP contribution in [0.2, 0.25) is 0 Å². The number of rotatable bonds is 10. The second-order valence-electron chi connectivity index (χ2n) is 9.82. The first-order valence-electron chi connectivity index (χ1n) is 13.4. The summed E-state index contributed by atoms with van der Waals surface area (Å²) in [5, 5.41) is 2.97. The minimum absolute atomic E-state index is 0.140. The van der Waals surface area contributed by atoms with Crippen LogP contribution < -0.4 is 5.32 Å². The van der Waals surface area contributed by atoms with Gasteiger partial charge in [0.2, 0.25) is 0 Å². The van der Waals surface area contributed by atoms with Crippen molar-refractivity contribution >= 4 is 23.5 Å². The van der Waals surface area contributed by atoms with Crippen LogP contribution in [0.3, 0.4) is 0 Å². The largest absolute Gasteiger partial charge is 0.467 e. The van der Waals surface area contributed by atoms with Crippen LogP contribution in [0.15, 0.2) is 66.7 Å². The van der Waals surface area contributed by atoms with E-state index in [1.165, 1.54) is 31.9 Å². The van der Waals surface area contributed by atoms with E-state index in [0.29, 0.717) is 23.2 Å². The van der Waals surface area contributed by atoms with Crippen molar-refractivity contribution in [3.05, 3.63) is 89.0 Å². The smallest absolute Gasteiger partial charge is 0.328 e. The van der Waals surface area contributed by atoms with Gasteiger partial charge in [0.05, 0.1) is 13.2 Å². The summed E-state index contributed by atoms with van der Waals surface area (Å²) in [6.07, 6.45) is 5.10. The molecule has 0 aromatic heterocycles. The maximum atomic E-state index is 13.1. The van der Waals surface area contributed by atoms with Gasteiger partial charge in [0, 0.05) is 16.8 Å². The predicted molar refractivity (Wildman–Crippen MR) is 150 cm³/mol. The molecule has 0 spiro atoms. The normalized spacial score (nSPS) is 15.2. The van der Waals surface area contributed by atoms with Crippen molar-refractivity contribution in [2.75, 3.05) is 12.4 Å². The van der Waals surface area contributed by atoms with Crippen LogP contribution in [0.4, 0.5) is 5.69 Å². The van der Waals surface area contributed by atoms with E-state index in [2.05, 4.69) is 12.2 Å². The molecule has 1 heterocycles. The predicted octanol–water partition coefficient (Wildman–Crippen LogP) is 6.81. The summed E-state index contributed by atoms with van der Waals surface area (Å²) in [5.74, 6) is -0.691. The minimum Gasteiger partial charge on any atom is -0.467 e. The van der Waals surface area contributed by atoms with E-state index in [4.69, 9.17) is 4.74 Å². The third-order valence-electron chi connectivity index (χ3n) is 7.34. The molecule has 0 fully saturated rings. The van der Waals surface area contributed by atoms with Crippen molar-refractivity contribution in [1.82, 2.24) is 4.90 Å². The molecule has 1 N–H and O–H groups in total. The molecule has 0 saturated carbocycles. The van der Waals surface area contributed by atoms with Crippen LogP contribution in [0.1, 0.15) is 84.3 Å². The number of nitrogens with zero attached hydrogens (tertiary/aromatic N) is 1. The number of carbonyl (C=O) groups is 3. The van der Waals surface area contributed by atoms with Crippen LogP contribution in [0.25, 0.3) is 11.1 Å². The summed E-state index contributed by atoms with van der Waals surface area (Å²) >= 11 is 0. The number of aryl methyl sites for hydroxylation is 1. The van der Waals surface area contributed by atoms with Crippen molar-refractivity contribution < 1.29 is 19.1 Å². The number of esters is 1. The van der Waals surface area contributed by atoms with Gasteiger partial charge in [-0.3, -0.25) is 9.59 Å². The number of ether oxygens (including phenoxy) is 1. The van der Waals surface area contributed by atoms with Crippen molar-refractivity contribution in [2.45, 2.75) is 65.0 Å². The van der Waals surface area contributed by atoms with Gasteiger partial charge in [0.25, 0.3) is 11.8 Å². The zero-order valence-corrected chi connectivity index (χ0v) is 22.6. The molecule has 0 radical (unpaired) electrons. The Hall–Kier alpha value is -3.93. The summed E-state index contributed by atoms with van der Waals surface area (Å²) in [6, 6.07) is 20.4. The number of amides is 2. The molecule has 3 aromatic rings. The highest BCUT2D eigenvalue weighted by Gasteiger charge is 2.41. The number of hydrogen-bond donors (Lipinski definition) is 1. The Morgan fingerprint density at radius 2 is 1.63 bits per heavy atom. The average molecular weight is 513 g/mol. The SMILES string of the molecule is CCCCCc1ccc(C(=O)Nc2ccc(-c3ccc4c(c3)C(C)N(C(CC)C(=O)OC)C4=O)cc2)cc1. The van der Waals surface area contributed by atoms with Crippen LogP contribution >= 0.6 is 0 Å². The van der Waals surface area contributed by atoms with Gasteiger partial charge in [-0.1, -0.05) is 57.0 Å².